The Hall–Kier alpha value is -1.19. The second-order valence-corrected chi connectivity index (χ2v) is 5.20. The zero-order valence-electron chi connectivity index (χ0n) is 10.1. The largest absolute Gasteiger partial charge is 0.354 e. The third kappa shape index (κ3) is 2.13. The minimum Gasteiger partial charge on any atom is -0.354 e. The third-order valence-electron chi connectivity index (χ3n) is 3.93. The van der Waals surface area contributed by atoms with Crippen LogP contribution < -0.4 is 4.90 Å². The summed E-state index contributed by atoms with van der Waals surface area (Å²) >= 11 is 0. The lowest BCUT2D eigenvalue weighted by Gasteiger charge is -2.27. The lowest BCUT2D eigenvalue weighted by Crippen LogP contribution is -2.36. The van der Waals surface area contributed by atoms with Gasteiger partial charge >= 0.3 is 0 Å². The molecule has 2 fully saturated rings. The fourth-order valence-electron chi connectivity index (χ4n) is 2.66. The highest BCUT2D eigenvalue weighted by Crippen LogP contribution is 2.39. The normalized spacial score (nSPS) is 28.4. The average Bonchev–Trinajstić information content (AvgIpc) is 3.12. The van der Waals surface area contributed by atoms with E-state index in [1.165, 1.54) is 12.8 Å². The maximum absolute atomic E-state index is 13.7. The topological polar surface area (TPSA) is 29.0 Å². The molecule has 4 heteroatoms. The molecule has 17 heavy (non-hydrogen) atoms. The van der Waals surface area contributed by atoms with E-state index in [1.54, 1.807) is 6.33 Å². The molecule has 0 aliphatic heterocycles. The zero-order chi connectivity index (χ0) is 11.8. The Balaban J connectivity index is 1.80. The molecule has 2 saturated carbocycles. The van der Waals surface area contributed by atoms with Gasteiger partial charge in [-0.05, 0) is 32.1 Å². The van der Waals surface area contributed by atoms with Crippen molar-refractivity contribution in [3.05, 3.63) is 18.1 Å². The number of hydrogen-bond acceptors (Lipinski definition) is 3. The van der Waals surface area contributed by atoms with Crippen LogP contribution in [0.3, 0.4) is 0 Å². The summed E-state index contributed by atoms with van der Waals surface area (Å²) in [6, 6.07) is 2.03. The molecule has 2 unspecified atom stereocenters. The predicted octanol–water partition coefficient (Wildman–Crippen LogP) is 2.68. The predicted molar refractivity (Wildman–Crippen MR) is 64.9 cm³/mol. The van der Waals surface area contributed by atoms with Crippen molar-refractivity contribution in [3.8, 4) is 0 Å². The smallest absolute Gasteiger partial charge is 0.132 e. The number of nitrogens with zero attached hydrogens (tertiary/aromatic N) is 3. The number of halogens is 1. The van der Waals surface area contributed by atoms with Gasteiger partial charge in [0.1, 0.15) is 18.3 Å². The quantitative estimate of drug-likeness (QED) is 0.806. The first kappa shape index (κ1) is 10.9. The first-order valence-electron chi connectivity index (χ1n) is 6.44. The molecule has 0 N–H and O–H groups in total. The molecule has 2 atom stereocenters. The van der Waals surface area contributed by atoms with Gasteiger partial charge in [0.2, 0.25) is 0 Å². The molecule has 3 rings (SSSR count). The van der Waals surface area contributed by atoms with E-state index in [-0.39, 0.29) is 6.04 Å². The van der Waals surface area contributed by atoms with E-state index in [9.17, 15) is 4.39 Å². The van der Waals surface area contributed by atoms with E-state index >= 15 is 0 Å². The first-order chi connectivity index (χ1) is 8.25. The highest BCUT2D eigenvalue weighted by atomic mass is 19.1. The molecule has 92 valence electrons. The number of hydrogen-bond donors (Lipinski definition) is 0. The van der Waals surface area contributed by atoms with Gasteiger partial charge in [0, 0.05) is 24.7 Å². The van der Waals surface area contributed by atoms with E-state index < -0.39 is 6.17 Å². The second-order valence-electron chi connectivity index (χ2n) is 5.20. The van der Waals surface area contributed by atoms with Gasteiger partial charge in [-0.15, -0.1) is 0 Å². The van der Waals surface area contributed by atoms with E-state index in [0.717, 1.165) is 24.4 Å². The molecule has 1 aromatic rings. The second kappa shape index (κ2) is 4.24. The molecule has 1 aromatic heterocycles. The summed E-state index contributed by atoms with van der Waals surface area (Å²) < 4.78 is 13.7. The van der Waals surface area contributed by atoms with Gasteiger partial charge in [-0.1, -0.05) is 0 Å². The third-order valence-corrected chi connectivity index (χ3v) is 3.93. The van der Waals surface area contributed by atoms with Crippen LogP contribution in [0, 0.1) is 0 Å². The van der Waals surface area contributed by atoms with Crippen LogP contribution in [0.4, 0.5) is 10.2 Å². The summed E-state index contributed by atoms with van der Waals surface area (Å²) in [5, 5.41) is 0. The molecule has 0 aromatic carbocycles. The van der Waals surface area contributed by atoms with Crippen LogP contribution >= 0.6 is 0 Å². The van der Waals surface area contributed by atoms with Gasteiger partial charge in [-0.25, -0.2) is 14.4 Å². The van der Waals surface area contributed by atoms with Crippen LogP contribution in [0.2, 0.25) is 0 Å². The van der Waals surface area contributed by atoms with Crippen LogP contribution in [-0.4, -0.2) is 29.2 Å². The fourth-order valence-corrected chi connectivity index (χ4v) is 2.66. The Kier molecular flexibility index (Phi) is 2.73. The molecule has 0 saturated heterocycles. The van der Waals surface area contributed by atoms with Crippen LogP contribution in [-0.2, 0) is 0 Å². The van der Waals surface area contributed by atoms with Crippen LogP contribution in [0.25, 0.3) is 0 Å². The van der Waals surface area contributed by atoms with Crippen molar-refractivity contribution in [3.63, 3.8) is 0 Å². The van der Waals surface area contributed by atoms with Crippen molar-refractivity contribution in [2.24, 2.45) is 0 Å². The molecule has 2 aliphatic rings. The number of rotatable bonds is 3. The van der Waals surface area contributed by atoms with Crippen molar-refractivity contribution >= 4 is 5.82 Å². The highest BCUT2D eigenvalue weighted by molar-refractivity contribution is 5.41. The van der Waals surface area contributed by atoms with Crippen molar-refractivity contribution < 1.29 is 4.39 Å². The van der Waals surface area contributed by atoms with Gasteiger partial charge < -0.3 is 4.90 Å². The van der Waals surface area contributed by atoms with Gasteiger partial charge in [-0.3, -0.25) is 0 Å². The Morgan fingerprint density at radius 1 is 1.24 bits per heavy atom. The first-order valence-corrected chi connectivity index (χ1v) is 6.44. The highest BCUT2D eigenvalue weighted by Gasteiger charge is 2.32. The summed E-state index contributed by atoms with van der Waals surface area (Å²) in [5.41, 5.74) is 1.12. The molecule has 0 bridgehead atoms. The number of anilines is 1. The molecule has 0 spiro atoms. The Bertz CT molecular complexity index is 405. The van der Waals surface area contributed by atoms with Crippen molar-refractivity contribution in [2.75, 3.05) is 11.9 Å². The maximum atomic E-state index is 13.7. The fraction of sp³-hybridized carbons (Fsp3) is 0.692. The molecule has 0 amide bonds. The van der Waals surface area contributed by atoms with Crippen LogP contribution in [0.5, 0.6) is 0 Å². The van der Waals surface area contributed by atoms with Gasteiger partial charge in [-0.2, -0.15) is 0 Å². The summed E-state index contributed by atoms with van der Waals surface area (Å²) in [5.74, 6) is 1.49. The average molecular weight is 235 g/mol. The molecular weight excluding hydrogens is 217 g/mol. The minimum absolute atomic E-state index is 0.00282. The van der Waals surface area contributed by atoms with Crippen molar-refractivity contribution in [1.82, 2.24) is 9.97 Å². The Morgan fingerprint density at radius 3 is 2.71 bits per heavy atom. The van der Waals surface area contributed by atoms with Crippen molar-refractivity contribution in [2.45, 2.75) is 50.2 Å². The Morgan fingerprint density at radius 2 is 2.06 bits per heavy atom. The molecule has 1 heterocycles. The summed E-state index contributed by atoms with van der Waals surface area (Å²) in [6.07, 6.45) is 5.97. The lowest BCUT2D eigenvalue weighted by atomic mass is 10.2. The van der Waals surface area contributed by atoms with Gasteiger partial charge in [0.15, 0.2) is 0 Å². The van der Waals surface area contributed by atoms with Gasteiger partial charge in [0.05, 0.1) is 6.04 Å². The molecule has 3 nitrogen and oxygen atoms in total. The lowest BCUT2D eigenvalue weighted by molar-refractivity contribution is 0.306. The molecule has 0 radical (unpaired) electrons. The van der Waals surface area contributed by atoms with Crippen molar-refractivity contribution in [1.29, 1.82) is 0 Å². The number of aromatic nitrogens is 2. The number of alkyl halides is 1. The van der Waals surface area contributed by atoms with E-state index in [2.05, 4.69) is 9.97 Å². The summed E-state index contributed by atoms with van der Waals surface area (Å²) in [7, 11) is 1.95. The minimum atomic E-state index is -0.709. The zero-order valence-corrected chi connectivity index (χ0v) is 10.1. The summed E-state index contributed by atoms with van der Waals surface area (Å²) in [4.78, 5) is 10.6. The van der Waals surface area contributed by atoms with Crippen LogP contribution in [0.15, 0.2) is 12.4 Å². The van der Waals surface area contributed by atoms with Crippen LogP contribution in [0.1, 0.15) is 43.7 Å². The maximum Gasteiger partial charge on any atom is 0.132 e. The van der Waals surface area contributed by atoms with E-state index in [0.29, 0.717) is 12.3 Å². The Labute approximate surface area is 101 Å². The van der Waals surface area contributed by atoms with E-state index in [4.69, 9.17) is 0 Å². The summed E-state index contributed by atoms with van der Waals surface area (Å²) in [6.45, 7) is 0. The molecule has 2 aliphatic carbocycles. The molecular formula is C13H18FN3. The standard InChI is InChI=1S/C13H18FN3/c1-17(12-4-2-3-10(12)14)13-7-11(9-5-6-9)15-8-16-13/h7-10,12H,2-6H2,1H3. The van der Waals surface area contributed by atoms with Gasteiger partial charge in [0.25, 0.3) is 0 Å². The SMILES string of the molecule is CN(c1cc(C2CC2)ncn1)C1CCCC1F. The monoisotopic (exact) mass is 235 g/mol. The van der Waals surface area contributed by atoms with E-state index in [1.807, 2.05) is 18.0 Å².